The number of nitrogens with one attached hydrogen (secondary N) is 3. The molecule has 3 N–H and O–H groups in total. The fourth-order valence-electron chi connectivity index (χ4n) is 2.21. The molecule has 7 nitrogen and oxygen atoms in total. The highest BCUT2D eigenvalue weighted by Crippen LogP contribution is 2.24. The molecule has 0 aliphatic heterocycles. The fraction of sp³-hybridized carbons (Fsp3) is 0.400. The van der Waals surface area contributed by atoms with Gasteiger partial charge in [0.15, 0.2) is 0 Å². The van der Waals surface area contributed by atoms with E-state index in [-0.39, 0.29) is 11.8 Å². The molecule has 2 aromatic rings. The van der Waals surface area contributed by atoms with E-state index in [1.54, 1.807) is 6.20 Å². The largest absolute Gasteiger partial charge is 0.453 e. The summed E-state index contributed by atoms with van der Waals surface area (Å²) in [4.78, 5) is 23.8. The van der Waals surface area contributed by atoms with Crippen LogP contribution in [0.1, 0.15) is 19.4 Å². The van der Waals surface area contributed by atoms with Crippen molar-refractivity contribution in [1.29, 1.82) is 0 Å². The van der Waals surface area contributed by atoms with Gasteiger partial charge in [-0.2, -0.15) is 5.10 Å². The highest BCUT2D eigenvalue weighted by atomic mass is 16.5. The number of aromatic nitrogens is 2. The number of carbonyl (C=O) groups is 2. The summed E-state index contributed by atoms with van der Waals surface area (Å²) in [6.45, 7) is 5.67. The monoisotopic (exact) mass is 304 g/mol. The normalized spacial score (nSPS) is 12.2. The third-order valence-electron chi connectivity index (χ3n) is 3.50. The molecule has 1 atom stereocenters. The van der Waals surface area contributed by atoms with E-state index in [2.05, 4.69) is 25.6 Å². The van der Waals surface area contributed by atoms with Gasteiger partial charge in [0.05, 0.1) is 24.5 Å². The van der Waals surface area contributed by atoms with Crippen molar-refractivity contribution in [2.24, 2.45) is 5.92 Å². The van der Waals surface area contributed by atoms with Crippen molar-refractivity contribution in [1.82, 2.24) is 15.5 Å². The second-order valence-electron chi connectivity index (χ2n) is 5.44. The fourth-order valence-corrected chi connectivity index (χ4v) is 2.21. The average molecular weight is 304 g/mol. The van der Waals surface area contributed by atoms with Gasteiger partial charge in [-0.3, -0.25) is 9.89 Å². The summed E-state index contributed by atoms with van der Waals surface area (Å²) in [5, 5.41) is 13.2. The van der Waals surface area contributed by atoms with Gasteiger partial charge in [0.2, 0.25) is 5.91 Å². The molecule has 1 aromatic heterocycles. The number of methoxy groups -OCH3 is 1. The average Bonchev–Trinajstić information content (AvgIpc) is 2.97. The first kappa shape index (κ1) is 15.8. The van der Waals surface area contributed by atoms with Gasteiger partial charge < -0.3 is 15.4 Å². The van der Waals surface area contributed by atoms with Crippen LogP contribution in [0.5, 0.6) is 0 Å². The molecule has 1 aromatic carbocycles. The lowest BCUT2D eigenvalue weighted by molar-refractivity contribution is -0.119. The number of ether oxygens (including phenoxy) is 1. The number of carbonyl (C=O) groups excluding carboxylic acids is 2. The lowest BCUT2D eigenvalue weighted by Gasteiger charge is -2.21. The lowest BCUT2D eigenvalue weighted by Crippen LogP contribution is -2.47. The van der Waals surface area contributed by atoms with Gasteiger partial charge in [0, 0.05) is 5.39 Å². The Labute approximate surface area is 128 Å². The minimum Gasteiger partial charge on any atom is -0.453 e. The second kappa shape index (κ2) is 6.46. The molecule has 0 aliphatic carbocycles. The number of hydrogen-bond donors (Lipinski definition) is 3. The Balaban J connectivity index is 2.23. The summed E-state index contributed by atoms with van der Waals surface area (Å²) < 4.78 is 4.56. The van der Waals surface area contributed by atoms with Gasteiger partial charge in [0.1, 0.15) is 6.04 Å². The van der Waals surface area contributed by atoms with Gasteiger partial charge >= 0.3 is 6.09 Å². The van der Waals surface area contributed by atoms with Crippen molar-refractivity contribution < 1.29 is 14.3 Å². The van der Waals surface area contributed by atoms with Crippen molar-refractivity contribution in [2.75, 3.05) is 12.4 Å². The molecule has 2 amide bonds. The van der Waals surface area contributed by atoms with E-state index in [0.717, 1.165) is 16.5 Å². The van der Waals surface area contributed by atoms with Gasteiger partial charge in [0.25, 0.3) is 0 Å². The van der Waals surface area contributed by atoms with Gasteiger partial charge in [-0.1, -0.05) is 19.9 Å². The third kappa shape index (κ3) is 3.19. The Morgan fingerprint density at radius 3 is 2.68 bits per heavy atom. The Hall–Kier alpha value is -2.57. The molecular weight excluding hydrogens is 284 g/mol. The standard InChI is InChI=1S/C15H20N4O3/c1-8(2)12(18-15(21)22-4)14(20)17-11-6-5-9(3)10-7-16-19-13(10)11/h5-8,12H,1-4H3,(H,16,19)(H,17,20)(H,18,21)/t12-/m1/s1. The number of fused-ring (bicyclic) bond motifs is 1. The number of rotatable bonds is 4. The summed E-state index contributed by atoms with van der Waals surface area (Å²) in [5.74, 6) is -0.387. The number of alkyl carbamates (subject to hydrolysis) is 1. The van der Waals surface area contributed by atoms with Gasteiger partial charge in [-0.15, -0.1) is 0 Å². The molecule has 0 spiro atoms. The molecule has 0 fully saturated rings. The van der Waals surface area contributed by atoms with Gasteiger partial charge in [-0.25, -0.2) is 4.79 Å². The maximum absolute atomic E-state index is 12.4. The number of aryl methyl sites for hydroxylation is 1. The van der Waals surface area contributed by atoms with Crippen LogP contribution in [0.3, 0.4) is 0 Å². The molecule has 1 heterocycles. The number of hydrogen-bond acceptors (Lipinski definition) is 4. The lowest BCUT2D eigenvalue weighted by atomic mass is 10.0. The van der Waals surface area contributed by atoms with Crippen LogP contribution in [0.25, 0.3) is 10.9 Å². The van der Waals surface area contributed by atoms with Crippen molar-refractivity contribution in [3.05, 3.63) is 23.9 Å². The third-order valence-corrected chi connectivity index (χ3v) is 3.50. The van der Waals surface area contributed by atoms with E-state index in [0.29, 0.717) is 5.69 Å². The highest BCUT2D eigenvalue weighted by Gasteiger charge is 2.25. The molecular formula is C15H20N4O3. The number of aromatic amines is 1. The number of amides is 2. The maximum atomic E-state index is 12.4. The predicted octanol–water partition coefficient (Wildman–Crippen LogP) is 2.19. The number of nitrogens with zero attached hydrogens (tertiary/aromatic N) is 1. The van der Waals surface area contributed by atoms with Crippen LogP contribution < -0.4 is 10.6 Å². The minimum absolute atomic E-state index is 0.0817. The summed E-state index contributed by atoms with van der Waals surface area (Å²) in [7, 11) is 1.26. The summed E-state index contributed by atoms with van der Waals surface area (Å²) in [6, 6.07) is 3.03. The molecule has 0 radical (unpaired) electrons. The zero-order chi connectivity index (χ0) is 16.3. The van der Waals surface area contributed by atoms with E-state index < -0.39 is 12.1 Å². The Morgan fingerprint density at radius 2 is 2.05 bits per heavy atom. The summed E-state index contributed by atoms with van der Waals surface area (Å²) in [6.07, 6.45) is 1.08. The molecule has 0 unspecified atom stereocenters. The highest BCUT2D eigenvalue weighted by molar-refractivity contribution is 6.03. The Kier molecular flexibility index (Phi) is 4.65. The molecule has 0 saturated carbocycles. The van der Waals surface area contributed by atoms with Crippen LogP contribution in [-0.4, -0.2) is 35.3 Å². The SMILES string of the molecule is COC(=O)N[C@@H](C(=O)Nc1ccc(C)c2cn[nH]c12)C(C)C. The van der Waals surface area contributed by atoms with E-state index in [4.69, 9.17) is 0 Å². The van der Waals surface area contributed by atoms with Gasteiger partial charge in [-0.05, 0) is 24.5 Å². The molecule has 0 saturated heterocycles. The smallest absolute Gasteiger partial charge is 0.407 e. The first-order valence-corrected chi connectivity index (χ1v) is 7.02. The zero-order valence-corrected chi connectivity index (χ0v) is 13.1. The van der Waals surface area contributed by atoms with Crippen LogP contribution in [-0.2, 0) is 9.53 Å². The summed E-state index contributed by atoms with van der Waals surface area (Å²) in [5.41, 5.74) is 2.45. The quantitative estimate of drug-likeness (QED) is 0.806. The van der Waals surface area contributed by atoms with Crippen LogP contribution in [0.4, 0.5) is 10.5 Å². The van der Waals surface area contributed by atoms with E-state index in [1.165, 1.54) is 7.11 Å². The first-order valence-electron chi connectivity index (χ1n) is 7.02. The topological polar surface area (TPSA) is 96.1 Å². The second-order valence-corrected chi connectivity index (χ2v) is 5.44. The van der Waals surface area contributed by atoms with Crippen molar-refractivity contribution in [3.63, 3.8) is 0 Å². The predicted molar refractivity (Wildman–Crippen MR) is 83.6 cm³/mol. The van der Waals surface area contributed by atoms with Crippen LogP contribution in [0.15, 0.2) is 18.3 Å². The van der Waals surface area contributed by atoms with Crippen LogP contribution >= 0.6 is 0 Å². The number of anilines is 1. The minimum atomic E-state index is -0.688. The number of H-pyrrole nitrogens is 1. The van der Waals surface area contributed by atoms with E-state index >= 15 is 0 Å². The van der Waals surface area contributed by atoms with Crippen molar-refractivity contribution >= 4 is 28.6 Å². The van der Waals surface area contributed by atoms with E-state index in [1.807, 2.05) is 32.9 Å². The molecule has 0 bridgehead atoms. The molecule has 118 valence electrons. The molecule has 7 heteroatoms. The van der Waals surface area contributed by atoms with E-state index in [9.17, 15) is 9.59 Å². The zero-order valence-electron chi connectivity index (χ0n) is 13.1. The maximum Gasteiger partial charge on any atom is 0.407 e. The van der Waals surface area contributed by atoms with Crippen molar-refractivity contribution in [2.45, 2.75) is 26.8 Å². The van der Waals surface area contributed by atoms with Crippen molar-refractivity contribution in [3.8, 4) is 0 Å². The molecule has 22 heavy (non-hydrogen) atoms. The summed E-state index contributed by atoms with van der Waals surface area (Å²) >= 11 is 0. The number of benzene rings is 1. The van der Waals surface area contributed by atoms with Crippen LogP contribution in [0, 0.1) is 12.8 Å². The first-order chi connectivity index (χ1) is 10.4. The Bertz CT molecular complexity index is 693. The molecule has 0 aliphatic rings. The molecule has 2 rings (SSSR count). The van der Waals surface area contributed by atoms with Crippen LogP contribution in [0.2, 0.25) is 0 Å². The Morgan fingerprint density at radius 1 is 1.32 bits per heavy atom.